The minimum atomic E-state index is -0.590. The number of nitrogens with two attached hydrogens (primary N) is 1. The van der Waals surface area contributed by atoms with Gasteiger partial charge in [-0.05, 0) is 49.7 Å². The van der Waals surface area contributed by atoms with Crippen LogP contribution in [0, 0.1) is 11.6 Å². The molecule has 196 valence electrons. The zero-order chi connectivity index (χ0) is 26.9. The lowest BCUT2D eigenvalue weighted by molar-refractivity contribution is -0.118. The van der Waals surface area contributed by atoms with Gasteiger partial charge in [0.1, 0.15) is 17.3 Å². The Labute approximate surface area is 221 Å². The summed E-state index contributed by atoms with van der Waals surface area (Å²) in [7, 11) is 0. The van der Waals surface area contributed by atoms with Crippen molar-refractivity contribution >= 4 is 5.78 Å². The van der Waals surface area contributed by atoms with Gasteiger partial charge in [0.05, 0.1) is 6.04 Å². The van der Waals surface area contributed by atoms with Crippen molar-refractivity contribution in [2.24, 2.45) is 5.73 Å². The molecule has 38 heavy (non-hydrogen) atoms. The zero-order valence-electron chi connectivity index (χ0n) is 21.1. The number of ether oxygens (including phenoxy) is 2. The fourth-order valence-electron chi connectivity index (χ4n) is 3.98. The van der Waals surface area contributed by atoms with Crippen molar-refractivity contribution in [3.8, 4) is 23.0 Å². The van der Waals surface area contributed by atoms with Gasteiger partial charge < -0.3 is 15.2 Å². The van der Waals surface area contributed by atoms with Crippen LogP contribution < -0.4 is 15.2 Å². The second-order valence-electron chi connectivity index (χ2n) is 9.00. The number of nitrogens with zero attached hydrogens (tertiary/aromatic N) is 1. The van der Waals surface area contributed by atoms with E-state index >= 15 is 0 Å². The molecule has 0 unspecified atom stereocenters. The number of carbonyl (C=O) groups is 1. The van der Waals surface area contributed by atoms with Crippen molar-refractivity contribution in [2.45, 2.75) is 32.5 Å². The maximum absolute atomic E-state index is 14.3. The minimum Gasteiger partial charge on any atom is -0.454 e. The number of Topliss-reactive ketones (excluding diaryl/α,β-unsaturated/α-hetero) is 1. The van der Waals surface area contributed by atoms with Crippen LogP contribution in [0.3, 0.4) is 0 Å². The van der Waals surface area contributed by atoms with E-state index in [4.69, 9.17) is 15.2 Å². The third kappa shape index (κ3) is 7.25. The topological polar surface area (TPSA) is 64.8 Å². The standard InChI is InChI=1S/C31H30F2N2O3/c1-22(36)27(34)18-19-35(20-23-10-2-6-14-28(23)37-30-16-8-4-12-25(30)32)21-24-11-3-7-15-29(24)38-31-17-9-5-13-26(31)33/h2-17,27H,18-21,34H2,1H3/t27-/m0/s1. The van der Waals surface area contributed by atoms with Crippen LogP contribution in [-0.4, -0.2) is 23.3 Å². The van der Waals surface area contributed by atoms with Gasteiger partial charge in [0.2, 0.25) is 0 Å². The number of hydrogen-bond donors (Lipinski definition) is 1. The van der Waals surface area contributed by atoms with Crippen LogP contribution in [0.2, 0.25) is 0 Å². The van der Waals surface area contributed by atoms with E-state index in [9.17, 15) is 13.6 Å². The Bertz CT molecular complexity index is 1290. The highest BCUT2D eigenvalue weighted by Gasteiger charge is 2.18. The Morgan fingerprint density at radius 2 is 1.11 bits per heavy atom. The van der Waals surface area contributed by atoms with Crippen LogP contribution in [0.4, 0.5) is 8.78 Å². The highest BCUT2D eigenvalue weighted by Crippen LogP contribution is 2.31. The summed E-state index contributed by atoms with van der Waals surface area (Å²) in [6, 6.07) is 26.7. The molecule has 1 atom stereocenters. The van der Waals surface area contributed by atoms with Crippen LogP contribution >= 0.6 is 0 Å². The molecular formula is C31H30F2N2O3. The third-order valence-corrected chi connectivity index (χ3v) is 6.12. The summed E-state index contributed by atoms with van der Waals surface area (Å²) in [5, 5.41) is 0. The van der Waals surface area contributed by atoms with Crippen LogP contribution in [0.25, 0.3) is 0 Å². The van der Waals surface area contributed by atoms with Crippen molar-refractivity contribution in [3.05, 3.63) is 120 Å². The highest BCUT2D eigenvalue weighted by atomic mass is 19.1. The van der Waals surface area contributed by atoms with Gasteiger partial charge in [-0.25, -0.2) is 8.78 Å². The van der Waals surface area contributed by atoms with E-state index < -0.39 is 17.7 Å². The summed E-state index contributed by atoms with van der Waals surface area (Å²) in [5.41, 5.74) is 7.71. The van der Waals surface area contributed by atoms with E-state index in [0.29, 0.717) is 37.6 Å². The molecule has 2 N–H and O–H groups in total. The lowest BCUT2D eigenvalue weighted by Crippen LogP contribution is -2.34. The molecule has 4 aromatic rings. The van der Waals surface area contributed by atoms with Crippen LogP contribution in [0.15, 0.2) is 97.1 Å². The fraction of sp³-hybridized carbons (Fsp3) is 0.194. The predicted octanol–water partition coefficient (Wildman–Crippen LogP) is 6.86. The van der Waals surface area contributed by atoms with E-state index in [-0.39, 0.29) is 17.3 Å². The van der Waals surface area contributed by atoms with Gasteiger partial charge in [-0.2, -0.15) is 0 Å². The quantitative estimate of drug-likeness (QED) is 0.223. The highest BCUT2D eigenvalue weighted by molar-refractivity contribution is 5.81. The molecule has 0 aliphatic heterocycles. The van der Waals surface area contributed by atoms with Crippen LogP contribution in [0.1, 0.15) is 24.5 Å². The molecule has 0 aromatic heterocycles. The molecule has 0 spiro atoms. The van der Waals surface area contributed by atoms with E-state index in [1.54, 1.807) is 48.5 Å². The molecule has 0 saturated heterocycles. The molecule has 0 bridgehead atoms. The van der Waals surface area contributed by atoms with Crippen molar-refractivity contribution < 1.29 is 23.0 Å². The monoisotopic (exact) mass is 516 g/mol. The van der Waals surface area contributed by atoms with Gasteiger partial charge in [0.25, 0.3) is 0 Å². The number of rotatable bonds is 12. The van der Waals surface area contributed by atoms with E-state index in [1.165, 1.54) is 19.1 Å². The fourth-order valence-corrected chi connectivity index (χ4v) is 3.98. The smallest absolute Gasteiger partial charge is 0.165 e. The Morgan fingerprint density at radius 1 is 0.711 bits per heavy atom. The Balaban J connectivity index is 1.59. The molecule has 0 radical (unpaired) electrons. The summed E-state index contributed by atoms with van der Waals surface area (Å²) in [4.78, 5) is 13.9. The average molecular weight is 517 g/mol. The van der Waals surface area contributed by atoms with Crippen molar-refractivity contribution in [1.82, 2.24) is 4.90 Å². The summed E-state index contributed by atoms with van der Waals surface area (Å²) in [5.74, 6) is 0.319. The molecular weight excluding hydrogens is 486 g/mol. The average Bonchev–Trinajstić information content (AvgIpc) is 2.91. The first-order valence-corrected chi connectivity index (χ1v) is 12.4. The maximum Gasteiger partial charge on any atom is 0.165 e. The van der Waals surface area contributed by atoms with Crippen LogP contribution in [0.5, 0.6) is 23.0 Å². The van der Waals surface area contributed by atoms with Crippen molar-refractivity contribution in [3.63, 3.8) is 0 Å². The Morgan fingerprint density at radius 3 is 1.53 bits per heavy atom. The van der Waals surface area contributed by atoms with Crippen molar-refractivity contribution in [1.29, 1.82) is 0 Å². The molecule has 0 saturated carbocycles. The first-order valence-electron chi connectivity index (χ1n) is 12.4. The molecule has 0 fully saturated rings. The second kappa shape index (κ2) is 12.9. The van der Waals surface area contributed by atoms with Gasteiger partial charge in [-0.3, -0.25) is 9.69 Å². The first-order chi connectivity index (χ1) is 18.4. The van der Waals surface area contributed by atoms with Crippen molar-refractivity contribution in [2.75, 3.05) is 6.54 Å². The lowest BCUT2D eigenvalue weighted by atomic mass is 10.1. The van der Waals surface area contributed by atoms with Gasteiger partial charge in [-0.1, -0.05) is 60.7 Å². The molecule has 0 aliphatic carbocycles. The number of carbonyl (C=O) groups excluding carboxylic acids is 1. The molecule has 0 heterocycles. The largest absolute Gasteiger partial charge is 0.454 e. The maximum atomic E-state index is 14.3. The summed E-state index contributed by atoms with van der Waals surface area (Å²) >= 11 is 0. The molecule has 5 nitrogen and oxygen atoms in total. The predicted molar refractivity (Wildman–Crippen MR) is 143 cm³/mol. The number of benzene rings is 4. The molecule has 4 aromatic carbocycles. The molecule has 4 rings (SSSR count). The lowest BCUT2D eigenvalue weighted by Gasteiger charge is -2.26. The minimum absolute atomic E-state index is 0.0866. The summed E-state index contributed by atoms with van der Waals surface area (Å²) in [6.07, 6.45) is 0.446. The Kier molecular flexibility index (Phi) is 9.19. The first kappa shape index (κ1) is 27.0. The summed E-state index contributed by atoms with van der Waals surface area (Å²) < 4.78 is 40.4. The third-order valence-electron chi connectivity index (χ3n) is 6.12. The SMILES string of the molecule is CC(=O)[C@@H](N)CCN(Cc1ccccc1Oc1ccccc1F)Cc1ccccc1Oc1ccccc1F. The van der Waals surface area contributed by atoms with E-state index in [0.717, 1.165) is 11.1 Å². The van der Waals surface area contributed by atoms with Gasteiger partial charge >= 0.3 is 0 Å². The Hall–Kier alpha value is -4.07. The van der Waals surface area contributed by atoms with Crippen LogP contribution in [-0.2, 0) is 17.9 Å². The molecule has 0 aliphatic rings. The normalized spacial score (nSPS) is 11.8. The van der Waals surface area contributed by atoms with Gasteiger partial charge in [0, 0.05) is 30.8 Å². The molecule has 7 heteroatoms. The molecule has 0 amide bonds. The zero-order valence-corrected chi connectivity index (χ0v) is 21.1. The van der Waals surface area contributed by atoms with Gasteiger partial charge in [-0.15, -0.1) is 0 Å². The van der Waals surface area contributed by atoms with E-state index in [2.05, 4.69) is 4.90 Å². The number of halogens is 2. The number of ketones is 1. The number of para-hydroxylation sites is 4. The number of hydrogen-bond acceptors (Lipinski definition) is 5. The second-order valence-corrected chi connectivity index (χ2v) is 9.00. The summed E-state index contributed by atoms with van der Waals surface area (Å²) in [6.45, 7) is 2.85. The van der Waals surface area contributed by atoms with E-state index in [1.807, 2.05) is 36.4 Å². The van der Waals surface area contributed by atoms with Gasteiger partial charge in [0.15, 0.2) is 23.1 Å².